The number of non-ortho nitro benzene ring substituents is 1. The number of nitro groups is 1. The van der Waals surface area contributed by atoms with Crippen LogP contribution >= 0.6 is 11.6 Å². The van der Waals surface area contributed by atoms with Crippen molar-refractivity contribution in [1.29, 1.82) is 0 Å². The summed E-state index contributed by atoms with van der Waals surface area (Å²) in [6.07, 6.45) is 16.9. The summed E-state index contributed by atoms with van der Waals surface area (Å²) in [4.78, 5) is 38.7. The normalized spacial score (nSPS) is 16.4. The number of carbonyl (C=O) groups excluding carboxylic acids is 2. The van der Waals surface area contributed by atoms with Crippen molar-refractivity contribution in [3.05, 3.63) is 80.4 Å². The van der Waals surface area contributed by atoms with E-state index in [1.165, 1.54) is 87.3 Å². The van der Waals surface area contributed by atoms with E-state index in [1.807, 2.05) is 0 Å². The fourth-order valence-electron chi connectivity index (χ4n) is 5.51. The third-order valence-electron chi connectivity index (χ3n) is 7.81. The summed E-state index contributed by atoms with van der Waals surface area (Å²) in [6.45, 7) is 2.57. The van der Waals surface area contributed by atoms with Crippen molar-refractivity contribution in [3.8, 4) is 0 Å². The van der Waals surface area contributed by atoms with E-state index in [1.54, 1.807) is 30.3 Å². The zero-order chi connectivity index (χ0) is 29.6. The molecule has 1 saturated heterocycles. The number of rotatable bonds is 18. The molecule has 2 aromatic carbocycles. The van der Waals surface area contributed by atoms with E-state index in [0.717, 1.165) is 19.3 Å². The number of unbranched alkanes of at least 4 members (excludes halogenated alkanes) is 13. The fraction of sp³-hybridized carbons (Fsp3) is 0.515. The second-order valence-corrected chi connectivity index (χ2v) is 11.4. The largest absolute Gasteiger partial charge is 0.507 e. The molecule has 1 fully saturated rings. The second-order valence-electron chi connectivity index (χ2n) is 10.9. The SMILES string of the molecule is CCCCCCCCCCCCCCCCN1C(=O)C(=O)C(=C(O)c2ccc(Cl)cc2)[C@H]1c1cccc([N+](=O)[O-])c1. The topological polar surface area (TPSA) is 101 Å². The Morgan fingerprint density at radius 1 is 0.854 bits per heavy atom. The maximum atomic E-state index is 13.2. The summed E-state index contributed by atoms with van der Waals surface area (Å²) >= 11 is 5.98. The van der Waals surface area contributed by atoms with Crippen molar-refractivity contribution >= 4 is 34.7 Å². The first kappa shape index (κ1) is 32.3. The first-order valence-electron chi connectivity index (χ1n) is 15.1. The highest BCUT2D eigenvalue weighted by atomic mass is 35.5. The van der Waals surface area contributed by atoms with E-state index in [9.17, 15) is 24.8 Å². The molecule has 0 aliphatic carbocycles. The number of aliphatic hydroxyl groups is 1. The van der Waals surface area contributed by atoms with Crippen LogP contribution in [0.1, 0.15) is 114 Å². The predicted octanol–water partition coefficient (Wildman–Crippen LogP) is 9.15. The Morgan fingerprint density at radius 2 is 1.39 bits per heavy atom. The number of amides is 1. The molecule has 1 heterocycles. The molecule has 41 heavy (non-hydrogen) atoms. The molecular formula is C33H43ClN2O5. The molecule has 1 aliphatic rings. The van der Waals surface area contributed by atoms with Gasteiger partial charge in [0.25, 0.3) is 17.4 Å². The fourth-order valence-corrected chi connectivity index (χ4v) is 5.63. The van der Waals surface area contributed by atoms with Gasteiger partial charge in [-0.1, -0.05) is 114 Å². The van der Waals surface area contributed by atoms with Crippen molar-refractivity contribution in [2.45, 2.75) is 103 Å². The van der Waals surface area contributed by atoms with E-state index in [4.69, 9.17) is 11.6 Å². The maximum absolute atomic E-state index is 13.2. The van der Waals surface area contributed by atoms with E-state index < -0.39 is 22.7 Å². The predicted molar refractivity (Wildman–Crippen MR) is 164 cm³/mol. The zero-order valence-electron chi connectivity index (χ0n) is 24.2. The minimum Gasteiger partial charge on any atom is -0.507 e. The Morgan fingerprint density at radius 3 is 1.93 bits per heavy atom. The van der Waals surface area contributed by atoms with Crippen LogP contribution in [0.15, 0.2) is 54.1 Å². The summed E-state index contributed by atoms with van der Waals surface area (Å²) in [5, 5.41) is 23.0. The molecule has 8 heteroatoms. The number of nitro benzene ring substituents is 1. The monoisotopic (exact) mass is 582 g/mol. The minimum atomic E-state index is -0.910. The van der Waals surface area contributed by atoms with Gasteiger partial charge in [-0.05, 0) is 36.2 Å². The number of aliphatic hydroxyl groups excluding tert-OH is 1. The number of hydrogen-bond donors (Lipinski definition) is 1. The molecule has 0 radical (unpaired) electrons. The highest BCUT2D eigenvalue weighted by Gasteiger charge is 2.46. The van der Waals surface area contributed by atoms with E-state index in [-0.39, 0.29) is 17.0 Å². The van der Waals surface area contributed by atoms with Gasteiger partial charge < -0.3 is 10.0 Å². The second kappa shape index (κ2) is 16.9. The van der Waals surface area contributed by atoms with Crippen molar-refractivity contribution in [3.63, 3.8) is 0 Å². The van der Waals surface area contributed by atoms with Crippen LogP contribution in [0.4, 0.5) is 5.69 Å². The van der Waals surface area contributed by atoms with Gasteiger partial charge in [-0.15, -0.1) is 0 Å². The van der Waals surface area contributed by atoms with Crippen LogP contribution in [0.3, 0.4) is 0 Å². The summed E-state index contributed by atoms with van der Waals surface area (Å²) < 4.78 is 0. The van der Waals surface area contributed by atoms with Gasteiger partial charge in [-0.3, -0.25) is 19.7 Å². The minimum absolute atomic E-state index is 0.0665. The van der Waals surface area contributed by atoms with Crippen LogP contribution in [0.25, 0.3) is 5.76 Å². The van der Waals surface area contributed by atoms with Crippen LogP contribution in [-0.2, 0) is 9.59 Å². The number of nitrogens with zero attached hydrogens (tertiary/aromatic N) is 2. The summed E-state index contributed by atoms with van der Waals surface area (Å²) in [5.41, 5.74) is 0.554. The standard InChI is InChI=1S/C33H43ClN2O5/c1-2-3-4-5-6-7-8-9-10-11-12-13-14-15-23-35-30(26-17-16-18-28(24-26)36(40)41)29(32(38)33(35)39)31(37)25-19-21-27(34)22-20-25/h16-22,24,30,37H,2-15,23H2,1H3/t30-/m1/s1. The van der Waals surface area contributed by atoms with E-state index in [0.29, 0.717) is 29.1 Å². The number of benzene rings is 2. The molecule has 7 nitrogen and oxygen atoms in total. The lowest BCUT2D eigenvalue weighted by Crippen LogP contribution is -2.30. The van der Waals surface area contributed by atoms with Crippen LogP contribution in [-0.4, -0.2) is 33.2 Å². The first-order valence-corrected chi connectivity index (χ1v) is 15.5. The highest BCUT2D eigenvalue weighted by Crippen LogP contribution is 2.40. The molecule has 3 rings (SSSR count). The Kier molecular flexibility index (Phi) is 13.3. The average Bonchev–Trinajstić information content (AvgIpc) is 3.22. The Labute approximate surface area is 248 Å². The van der Waals surface area contributed by atoms with Crippen molar-refractivity contribution in [2.75, 3.05) is 6.54 Å². The molecular weight excluding hydrogens is 540 g/mol. The molecule has 0 aromatic heterocycles. The molecule has 1 atom stereocenters. The lowest BCUT2D eigenvalue weighted by molar-refractivity contribution is -0.384. The van der Waals surface area contributed by atoms with Crippen molar-refractivity contribution < 1.29 is 19.6 Å². The van der Waals surface area contributed by atoms with Gasteiger partial charge in [0.05, 0.1) is 16.5 Å². The lowest BCUT2D eigenvalue weighted by Gasteiger charge is -2.25. The van der Waals surface area contributed by atoms with E-state index >= 15 is 0 Å². The van der Waals surface area contributed by atoms with Crippen molar-refractivity contribution in [2.24, 2.45) is 0 Å². The number of ketones is 1. The molecule has 0 bridgehead atoms. The third kappa shape index (κ3) is 9.42. The highest BCUT2D eigenvalue weighted by molar-refractivity contribution is 6.46. The number of halogens is 1. The smallest absolute Gasteiger partial charge is 0.295 e. The molecule has 1 aliphatic heterocycles. The molecule has 222 valence electrons. The summed E-state index contributed by atoms with van der Waals surface area (Å²) in [5.74, 6) is -1.81. The number of carbonyl (C=O) groups is 2. The van der Waals surface area contributed by atoms with Crippen LogP contribution in [0.2, 0.25) is 5.02 Å². The molecule has 0 unspecified atom stereocenters. The van der Waals surface area contributed by atoms with Gasteiger partial charge >= 0.3 is 0 Å². The average molecular weight is 583 g/mol. The molecule has 0 spiro atoms. The van der Waals surface area contributed by atoms with Crippen LogP contribution < -0.4 is 0 Å². The van der Waals surface area contributed by atoms with E-state index in [2.05, 4.69) is 6.92 Å². The molecule has 1 N–H and O–H groups in total. The molecule has 2 aromatic rings. The summed E-state index contributed by atoms with van der Waals surface area (Å²) in [7, 11) is 0. The maximum Gasteiger partial charge on any atom is 0.295 e. The Balaban J connectivity index is 1.59. The van der Waals surface area contributed by atoms with Crippen LogP contribution in [0.5, 0.6) is 0 Å². The van der Waals surface area contributed by atoms with Gasteiger partial charge in [0.15, 0.2) is 0 Å². The van der Waals surface area contributed by atoms with Gasteiger partial charge in [-0.25, -0.2) is 0 Å². The number of likely N-dealkylation sites (tertiary alicyclic amines) is 1. The zero-order valence-corrected chi connectivity index (χ0v) is 24.9. The molecule has 0 saturated carbocycles. The first-order chi connectivity index (χ1) is 19.8. The lowest BCUT2D eigenvalue weighted by atomic mass is 9.95. The Hall–Kier alpha value is -3.19. The Bertz CT molecular complexity index is 1190. The van der Waals surface area contributed by atoms with Gasteiger partial charge in [-0.2, -0.15) is 0 Å². The van der Waals surface area contributed by atoms with Gasteiger partial charge in [0, 0.05) is 29.3 Å². The van der Waals surface area contributed by atoms with Crippen LogP contribution in [0, 0.1) is 10.1 Å². The molecule has 1 amide bonds. The van der Waals surface area contributed by atoms with Gasteiger partial charge in [0.1, 0.15) is 5.76 Å². The number of Topliss-reactive ketones (excluding diaryl/α,β-unsaturated/α-hetero) is 1. The van der Waals surface area contributed by atoms with Crippen molar-refractivity contribution in [1.82, 2.24) is 4.90 Å². The number of hydrogen-bond acceptors (Lipinski definition) is 5. The summed E-state index contributed by atoms with van der Waals surface area (Å²) in [6, 6.07) is 11.3. The van der Waals surface area contributed by atoms with Gasteiger partial charge in [0.2, 0.25) is 0 Å². The quantitative estimate of drug-likeness (QED) is 0.0471. The third-order valence-corrected chi connectivity index (χ3v) is 8.06.